The van der Waals surface area contributed by atoms with E-state index in [1.54, 1.807) is 0 Å². The third-order valence-corrected chi connectivity index (χ3v) is 3.65. The first-order valence-corrected chi connectivity index (χ1v) is 7.52. The Labute approximate surface area is 129 Å². The van der Waals surface area contributed by atoms with Crippen molar-refractivity contribution in [3.05, 3.63) is 40.7 Å². The molecular formula is C16H17ClN2O2. The quantitative estimate of drug-likeness (QED) is 0.809. The van der Waals surface area contributed by atoms with Crippen LogP contribution in [0.3, 0.4) is 0 Å². The molecule has 1 aromatic heterocycles. The van der Waals surface area contributed by atoms with Crippen molar-refractivity contribution < 1.29 is 9.47 Å². The van der Waals surface area contributed by atoms with Crippen LogP contribution in [0.15, 0.2) is 24.3 Å². The van der Waals surface area contributed by atoms with Gasteiger partial charge in [-0.15, -0.1) is 0 Å². The number of fused-ring (bicyclic) bond motifs is 1. The summed E-state index contributed by atoms with van der Waals surface area (Å²) < 4.78 is 11.1. The highest BCUT2D eigenvalue weighted by molar-refractivity contribution is 6.30. The molecule has 0 unspecified atom stereocenters. The molecule has 1 aliphatic heterocycles. The van der Waals surface area contributed by atoms with Gasteiger partial charge in [-0.3, -0.25) is 0 Å². The van der Waals surface area contributed by atoms with E-state index in [1.165, 1.54) is 0 Å². The molecule has 2 aromatic rings. The molecule has 0 spiro atoms. The molecule has 0 saturated carbocycles. The summed E-state index contributed by atoms with van der Waals surface area (Å²) in [5, 5.41) is 0.481. The molecule has 0 aliphatic carbocycles. The minimum absolute atomic E-state index is 0.481. The summed E-state index contributed by atoms with van der Waals surface area (Å²) in [6.45, 7) is 3.96. The molecule has 110 valence electrons. The third-order valence-electron chi connectivity index (χ3n) is 3.34. The largest absolute Gasteiger partial charge is 0.494 e. The van der Waals surface area contributed by atoms with Gasteiger partial charge in [-0.1, -0.05) is 30.7 Å². The molecule has 0 saturated heterocycles. The number of hydrogen-bond donors (Lipinski definition) is 0. The lowest BCUT2D eigenvalue weighted by Crippen LogP contribution is -2.14. The van der Waals surface area contributed by atoms with E-state index in [4.69, 9.17) is 21.1 Å². The van der Waals surface area contributed by atoms with Crippen LogP contribution in [0.2, 0.25) is 5.15 Å². The average molecular weight is 305 g/mol. The lowest BCUT2D eigenvalue weighted by atomic mass is 10.1. The number of benzene rings is 1. The monoisotopic (exact) mass is 304 g/mol. The summed E-state index contributed by atoms with van der Waals surface area (Å²) in [6.07, 6.45) is 1.75. The minimum atomic E-state index is 0.481. The second-order valence-corrected chi connectivity index (χ2v) is 5.30. The highest BCUT2D eigenvalue weighted by Crippen LogP contribution is 2.27. The second kappa shape index (κ2) is 6.41. The standard InChI is InChI=1S/C16H17ClN2O2/c1-2-7-21-12-5-3-4-11(9-12)16-18-14-6-8-20-10-13(14)15(17)19-16/h3-5,9H,2,6-8,10H2,1H3. The normalized spacial score (nSPS) is 13.8. The Morgan fingerprint density at radius 2 is 2.24 bits per heavy atom. The number of hydrogen-bond acceptors (Lipinski definition) is 4. The highest BCUT2D eigenvalue weighted by atomic mass is 35.5. The van der Waals surface area contributed by atoms with E-state index in [0.29, 0.717) is 30.8 Å². The maximum Gasteiger partial charge on any atom is 0.161 e. The predicted molar refractivity (Wildman–Crippen MR) is 81.6 cm³/mol. The van der Waals surface area contributed by atoms with Crippen molar-refractivity contribution in [2.75, 3.05) is 13.2 Å². The Morgan fingerprint density at radius 3 is 3.10 bits per heavy atom. The van der Waals surface area contributed by atoms with E-state index in [1.807, 2.05) is 24.3 Å². The van der Waals surface area contributed by atoms with Gasteiger partial charge in [0.15, 0.2) is 5.82 Å². The molecule has 0 N–H and O–H groups in total. The van der Waals surface area contributed by atoms with E-state index in [0.717, 1.165) is 35.4 Å². The smallest absolute Gasteiger partial charge is 0.161 e. The SMILES string of the molecule is CCCOc1cccc(-c2nc(Cl)c3c(n2)CCOC3)c1. The molecule has 2 heterocycles. The van der Waals surface area contributed by atoms with Gasteiger partial charge in [0.1, 0.15) is 10.9 Å². The lowest BCUT2D eigenvalue weighted by Gasteiger charge is -2.17. The molecule has 1 aliphatic rings. The fourth-order valence-corrected chi connectivity index (χ4v) is 2.51. The average Bonchev–Trinajstić information content (AvgIpc) is 2.53. The number of aromatic nitrogens is 2. The van der Waals surface area contributed by atoms with Crippen LogP contribution >= 0.6 is 11.6 Å². The Kier molecular flexibility index (Phi) is 4.36. The maximum absolute atomic E-state index is 6.26. The zero-order chi connectivity index (χ0) is 14.7. The zero-order valence-electron chi connectivity index (χ0n) is 11.9. The van der Waals surface area contributed by atoms with Gasteiger partial charge in [-0.25, -0.2) is 9.97 Å². The number of ether oxygens (including phenoxy) is 2. The van der Waals surface area contributed by atoms with E-state index in [-0.39, 0.29) is 0 Å². The molecule has 0 fully saturated rings. The number of rotatable bonds is 4. The van der Waals surface area contributed by atoms with Crippen molar-refractivity contribution in [1.82, 2.24) is 9.97 Å². The first-order valence-electron chi connectivity index (χ1n) is 7.14. The molecule has 3 rings (SSSR count). The fraction of sp³-hybridized carbons (Fsp3) is 0.375. The van der Waals surface area contributed by atoms with Crippen LogP contribution in [0.5, 0.6) is 5.75 Å². The summed E-state index contributed by atoms with van der Waals surface area (Å²) in [4.78, 5) is 9.03. The van der Waals surface area contributed by atoms with Gasteiger partial charge in [-0.05, 0) is 18.6 Å². The van der Waals surface area contributed by atoms with E-state index >= 15 is 0 Å². The number of halogens is 1. The summed E-state index contributed by atoms with van der Waals surface area (Å²) in [7, 11) is 0. The van der Waals surface area contributed by atoms with Crippen molar-refractivity contribution in [2.24, 2.45) is 0 Å². The van der Waals surface area contributed by atoms with Gasteiger partial charge in [-0.2, -0.15) is 0 Å². The van der Waals surface area contributed by atoms with Crippen LogP contribution in [0.25, 0.3) is 11.4 Å². The zero-order valence-corrected chi connectivity index (χ0v) is 12.7. The van der Waals surface area contributed by atoms with Crippen LogP contribution in [-0.4, -0.2) is 23.2 Å². The minimum Gasteiger partial charge on any atom is -0.494 e. The van der Waals surface area contributed by atoms with E-state index in [9.17, 15) is 0 Å². The summed E-state index contributed by atoms with van der Waals surface area (Å²) >= 11 is 6.26. The van der Waals surface area contributed by atoms with Crippen LogP contribution in [0, 0.1) is 0 Å². The maximum atomic E-state index is 6.26. The van der Waals surface area contributed by atoms with Gasteiger partial charge < -0.3 is 9.47 Å². The molecule has 0 atom stereocenters. The fourth-order valence-electron chi connectivity index (χ4n) is 2.27. The first-order chi connectivity index (χ1) is 10.3. The summed E-state index contributed by atoms with van der Waals surface area (Å²) in [5.41, 5.74) is 2.81. The molecular weight excluding hydrogens is 288 g/mol. The molecule has 4 nitrogen and oxygen atoms in total. The van der Waals surface area contributed by atoms with Crippen molar-refractivity contribution >= 4 is 11.6 Å². The van der Waals surface area contributed by atoms with Gasteiger partial charge in [0, 0.05) is 17.5 Å². The predicted octanol–water partition coefficient (Wildman–Crippen LogP) is 3.66. The third kappa shape index (κ3) is 3.17. The van der Waals surface area contributed by atoms with Crippen molar-refractivity contribution in [3.63, 3.8) is 0 Å². The van der Waals surface area contributed by atoms with Crippen molar-refractivity contribution in [1.29, 1.82) is 0 Å². The van der Waals surface area contributed by atoms with E-state index in [2.05, 4.69) is 16.9 Å². The number of nitrogens with zero attached hydrogens (tertiary/aromatic N) is 2. The van der Waals surface area contributed by atoms with Gasteiger partial charge in [0.25, 0.3) is 0 Å². The summed E-state index contributed by atoms with van der Waals surface area (Å²) in [5.74, 6) is 1.47. The molecule has 0 bridgehead atoms. The van der Waals surface area contributed by atoms with Crippen LogP contribution in [-0.2, 0) is 17.8 Å². The molecule has 1 aromatic carbocycles. The van der Waals surface area contributed by atoms with Crippen LogP contribution < -0.4 is 4.74 Å². The Hall–Kier alpha value is -1.65. The lowest BCUT2D eigenvalue weighted by molar-refractivity contribution is 0.109. The molecule has 0 radical (unpaired) electrons. The first kappa shape index (κ1) is 14.3. The Bertz CT molecular complexity index is 646. The van der Waals surface area contributed by atoms with Crippen LogP contribution in [0.4, 0.5) is 0 Å². The Balaban J connectivity index is 1.95. The summed E-state index contributed by atoms with van der Waals surface area (Å²) in [6, 6.07) is 7.80. The molecule has 21 heavy (non-hydrogen) atoms. The van der Waals surface area contributed by atoms with E-state index < -0.39 is 0 Å². The molecule has 0 amide bonds. The molecule has 5 heteroatoms. The van der Waals surface area contributed by atoms with Crippen molar-refractivity contribution in [2.45, 2.75) is 26.4 Å². The van der Waals surface area contributed by atoms with Gasteiger partial charge >= 0.3 is 0 Å². The van der Waals surface area contributed by atoms with Gasteiger partial charge in [0.05, 0.1) is 25.5 Å². The van der Waals surface area contributed by atoms with Crippen molar-refractivity contribution in [3.8, 4) is 17.1 Å². The topological polar surface area (TPSA) is 44.2 Å². The Morgan fingerprint density at radius 1 is 1.33 bits per heavy atom. The van der Waals surface area contributed by atoms with Gasteiger partial charge in [0.2, 0.25) is 0 Å². The van der Waals surface area contributed by atoms with Crippen LogP contribution in [0.1, 0.15) is 24.6 Å². The highest BCUT2D eigenvalue weighted by Gasteiger charge is 2.17. The second-order valence-electron chi connectivity index (χ2n) is 4.94.